The standard InChI is InChI=1S/C22H23NO5/c1-22(2)13-17-18(11-15(21(25)26-3)12-19(17)28-22)27-16-7-5-14(6-8-16)20(24)23-9-4-10-23/h5-8,11-12H,4,9-10,13H2,1-3H3. The second kappa shape index (κ2) is 6.86. The maximum atomic E-state index is 12.3. The maximum absolute atomic E-state index is 12.3. The molecule has 1 amide bonds. The first-order valence-corrected chi connectivity index (χ1v) is 9.38. The number of hydrogen-bond donors (Lipinski definition) is 0. The number of esters is 1. The third-order valence-corrected chi connectivity index (χ3v) is 5.05. The Balaban J connectivity index is 1.61. The van der Waals surface area contributed by atoms with Gasteiger partial charge in [-0.2, -0.15) is 0 Å². The lowest BCUT2D eigenvalue weighted by atomic mass is 10.00. The lowest BCUT2D eigenvalue weighted by molar-refractivity contribution is 0.0598. The summed E-state index contributed by atoms with van der Waals surface area (Å²) in [5.74, 6) is 1.38. The van der Waals surface area contributed by atoms with Crippen LogP contribution in [0.2, 0.25) is 0 Å². The Morgan fingerprint density at radius 1 is 1.07 bits per heavy atom. The van der Waals surface area contributed by atoms with Crippen LogP contribution < -0.4 is 9.47 Å². The number of likely N-dealkylation sites (tertiary alicyclic amines) is 1. The normalized spacial score (nSPS) is 16.6. The Hall–Kier alpha value is -3.02. The number of hydrogen-bond acceptors (Lipinski definition) is 5. The van der Waals surface area contributed by atoms with Crippen LogP contribution in [0, 0.1) is 0 Å². The zero-order valence-corrected chi connectivity index (χ0v) is 16.3. The second-order valence-corrected chi connectivity index (χ2v) is 7.75. The quantitative estimate of drug-likeness (QED) is 0.753. The number of amides is 1. The van der Waals surface area contributed by atoms with E-state index >= 15 is 0 Å². The molecule has 1 saturated heterocycles. The van der Waals surface area contributed by atoms with E-state index in [4.69, 9.17) is 14.2 Å². The molecule has 2 heterocycles. The van der Waals surface area contributed by atoms with Crippen LogP contribution in [0.3, 0.4) is 0 Å². The smallest absolute Gasteiger partial charge is 0.338 e. The fraction of sp³-hybridized carbons (Fsp3) is 0.364. The van der Waals surface area contributed by atoms with Gasteiger partial charge in [0, 0.05) is 30.6 Å². The number of methoxy groups -OCH3 is 1. The van der Waals surface area contributed by atoms with Gasteiger partial charge in [0.25, 0.3) is 5.91 Å². The molecule has 146 valence electrons. The summed E-state index contributed by atoms with van der Waals surface area (Å²) >= 11 is 0. The Kier molecular flexibility index (Phi) is 4.49. The van der Waals surface area contributed by atoms with Crippen molar-refractivity contribution < 1.29 is 23.8 Å². The van der Waals surface area contributed by atoms with Gasteiger partial charge in [-0.25, -0.2) is 4.79 Å². The second-order valence-electron chi connectivity index (χ2n) is 7.75. The summed E-state index contributed by atoms with van der Waals surface area (Å²) in [5.41, 5.74) is 1.56. The fourth-order valence-electron chi connectivity index (χ4n) is 3.47. The van der Waals surface area contributed by atoms with Gasteiger partial charge in [0.1, 0.15) is 22.8 Å². The van der Waals surface area contributed by atoms with E-state index in [0.29, 0.717) is 34.8 Å². The van der Waals surface area contributed by atoms with Gasteiger partial charge in [-0.3, -0.25) is 4.79 Å². The van der Waals surface area contributed by atoms with Crippen LogP contribution in [0.25, 0.3) is 0 Å². The molecule has 2 aromatic carbocycles. The molecule has 0 bridgehead atoms. The number of nitrogens with zero attached hydrogens (tertiary/aromatic N) is 1. The van der Waals surface area contributed by atoms with Crippen molar-refractivity contribution in [2.24, 2.45) is 0 Å². The first kappa shape index (κ1) is 18.3. The van der Waals surface area contributed by atoms with Gasteiger partial charge in [0.15, 0.2) is 0 Å². The van der Waals surface area contributed by atoms with Crippen LogP contribution >= 0.6 is 0 Å². The van der Waals surface area contributed by atoms with Crippen LogP contribution in [0.5, 0.6) is 17.2 Å². The average Bonchev–Trinajstić information content (AvgIpc) is 2.94. The highest BCUT2D eigenvalue weighted by Crippen LogP contribution is 2.43. The minimum atomic E-state index is -0.448. The number of ether oxygens (including phenoxy) is 3. The predicted molar refractivity (Wildman–Crippen MR) is 103 cm³/mol. The molecule has 0 atom stereocenters. The molecule has 0 unspecified atom stereocenters. The SMILES string of the molecule is COC(=O)c1cc(Oc2ccc(C(=O)N3CCC3)cc2)c2c(c1)OC(C)(C)C2. The van der Waals surface area contributed by atoms with Gasteiger partial charge in [-0.05, 0) is 56.7 Å². The van der Waals surface area contributed by atoms with Gasteiger partial charge in [0.05, 0.1) is 12.7 Å². The van der Waals surface area contributed by atoms with Crippen molar-refractivity contribution in [1.82, 2.24) is 4.90 Å². The van der Waals surface area contributed by atoms with Crippen molar-refractivity contribution in [3.8, 4) is 17.2 Å². The summed E-state index contributed by atoms with van der Waals surface area (Å²) in [7, 11) is 1.34. The highest BCUT2D eigenvalue weighted by molar-refractivity contribution is 5.94. The van der Waals surface area contributed by atoms with E-state index in [1.807, 2.05) is 18.7 Å². The Labute approximate surface area is 164 Å². The first-order valence-electron chi connectivity index (χ1n) is 9.38. The van der Waals surface area contributed by atoms with Crippen molar-refractivity contribution in [2.75, 3.05) is 20.2 Å². The van der Waals surface area contributed by atoms with E-state index in [2.05, 4.69) is 0 Å². The van der Waals surface area contributed by atoms with E-state index in [9.17, 15) is 9.59 Å². The molecule has 2 aliphatic rings. The molecule has 0 saturated carbocycles. The number of fused-ring (bicyclic) bond motifs is 1. The Morgan fingerprint density at radius 2 is 1.79 bits per heavy atom. The summed E-state index contributed by atoms with van der Waals surface area (Å²) < 4.78 is 16.9. The monoisotopic (exact) mass is 381 g/mol. The topological polar surface area (TPSA) is 65.1 Å². The van der Waals surface area contributed by atoms with Crippen molar-refractivity contribution in [2.45, 2.75) is 32.3 Å². The summed E-state index contributed by atoms with van der Waals surface area (Å²) in [6, 6.07) is 10.4. The van der Waals surface area contributed by atoms with Crippen LogP contribution in [-0.4, -0.2) is 42.6 Å². The van der Waals surface area contributed by atoms with Gasteiger partial charge in [-0.15, -0.1) is 0 Å². The Morgan fingerprint density at radius 3 is 2.39 bits per heavy atom. The molecule has 0 N–H and O–H groups in total. The highest BCUT2D eigenvalue weighted by Gasteiger charge is 2.34. The van der Waals surface area contributed by atoms with Gasteiger partial charge < -0.3 is 19.1 Å². The lowest BCUT2D eigenvalue weighted by Gasteiger charge is -2.30. The molecule has 0 aromatic heterocycles. The third kappa shape index (κ3) is 3.42. The summed E-state index contributed by atoms with van der Waals surface area (Å²) in [6.45, 7) is 5.62. The zero-order valence-electron chi connectivity index (χ0n) is 16.3. The van der Waals surface area contributed by atoms with Crippen molar-refractivity contribution in [3.05, 3.63) is 53.1 Å². The molecule has 2 aliphatic heterocycles. The summed E-state index contributed by atoms with van der Waals surface area (Å²) in [4.78, 5) is 26.1. The molecule has 6 nitrogen and oxygen atoms in total. The number of carbonyl (C=O) groups is 2. The molecule has 6 heteroatoms. The van der Waals surface area contributed by atoms with Crippen LogP contribution in [-0.2, 0) is 11.2 Å². The van der Waals surface area contributed by atoms with Crippen LogP contribution in [0.15, 0.2) is 36.4 Å². The Bertz CT molecular complexity index is 929. The molecule has 4 rings (SSSR count). The number of carbonyl (C=O) groups excluding carboxylic acids is 2. The number of benzene rings is 2. The molecule has 2 aromatic rings. The summed E-state index contributed by atoms with van der Waals surface area (Å²) in [6.07, 6.45) is 1.73. The average molecular weight is 381 g/mol. The molecule has 1 fully saturated rings. The van der Waals surface area contributed by atoms with E-state index < -0.39 is 5.97 Å². The molecular formula is C22H23NO5. The lowest BCUT2D eigenvalue weighted by Crippen LogP contribution is -2.41. The first-order chi connectivity index (χ1) is 13.4. The van der Waals surface area contributed by atoms with Crippen molar-refractivity contribution in [1.29, 1.82) is 0 Å². The minimum absolute atomic E-state index is 0.0431. The molecule has 0 radical (unpaired) electrons. The predicted octanol–water partition coefficient (Wildman–Crippen LogP) is 3.82. The largest absolute Gasteiger partial charge is 0.487 e. The maximum Gasteiger partial charge on any atom is 0.338 e. The molecular weight excluding hydrogens is 358 g/mol. The highest BCUT2D eigenvalue weighted by atomic mass is 16.5. The van der Waals surface area contributed by atoms with E-state index in [1.165, 1.54) is 7.11 Å². The third-order valence-electron chi connectivity index (χ3n) is 5.05. The van der Waals surface area contributed by atoms with Crippen LogP contribution in [0.4, 0.5) is 0 Å². The van der Waals surface area contributed by atoms with E-state index in [1.54, 1.807) is 36.4 Å². The molecule has 0 aliphatic carbocycles. The zero-order chi connectivity index (χ0) is 19.9. The molecule has 0 spiro atoms. The molecule has 28 heavy (non-hydrogen) atoms. The van der Waals surface area contributed by atoms with Gasteiger partial charge in [0.2, 0.25) is 0 Å². The van der Waals surface area contributed by atoms with E-state index in [0.717, 1.165) is 25.1 Å². The van der Waals surface area contributed by atoms with Gasteiger partial charge >= 0.3 is 5.97 Å². The summed E-state index contributed by atoms with van der Waals surface area (Å²) in [5, 5.41) is 0. The van der Waals surface area contributed by atoms with Gasteiger partial charge in [-0.1, -0.05) is 0 Å². The minimum Gasteiger partial charge on any atom is -0.487 e. The van der Waals surface area contributed by atoms with E-state index in [-0.39, 0.29) is 11.5 Å². The van der Waals surface area contributed by atoms with Crippen molar-refractivity contribution in [3.63, 3.8) is 0 Å². The van der Waals surface area contributed by atoms with Crippen molar-refractivity contribution >= 4 is 11.9 Å². The van der Waals surface area contributed by atoms with Crippen LogP contribution in [0.1, 0.15) is 46.5 Å². The fourth-order valence-corrected chi connectivity index (χ4v) is 3.47. The number of rotatable bonds is 4.